The van der Waals surface area contributed by atoms with Gasteiger partial charge in [0.2, 0.25) is 11.8 Å². The summed E-state index contributed by atoms with van der Waals surface area (Å²) in [6.45, 7) is 0.470. The molecule has 152 valence electrons. The van der Waals surface area contributed by atoms with Gasteiger partial charge in [0.25, 0.3) is 0 Å². The average molecular weight is 432 g/mol. The fraction of sp³-hybridized carbons (Fsp3) is 0.286. The molecule has 1 N–H and O–H groups in total. The average Bonchev–Trinajstić information content (AvgIpc) is 2.72. The third kappa shape index (κ3) is 5.52. The van der Waals surface area contributed by atoms with Crippen molar-refractivity contribution in [1.82, 2.24) is 10.2 Å². The Bertz CT molecular complexity index is 918. The van der Waals surface area contributed by atoms with Crippen LogP contribution in [0.25, 0.3) is 0 Å². The SMILES string of the molecule is CNC(=O)[C@@H]1CC(=O)N(CCc2ccc(OC)cc2)C(=Nc2cccc(Cl)c2)S1. The van der Waals surface area contributed by atoms with Crippen molar-refractivity contribution in [3.8, 4) is 5.75 Å². The summed E-state index contributed by atoms with van der Waals surface area (Å²) in [5.74, 6) is 0.485. The van der Waals surface area contributed by atoms with Crippen molar-refractivity contribution >= 4 is 46.0 Å². The van der Waals surface area contributed by atoms with Crippen molar-refractivity contribution in [3.05, 3.63) is 59.1 Å². The number of methoxy groups -OCH3 is 1. The Balaban J connectivity index is 1.83. The van der Waals surface area contributed by atoms with Gasteiger partial charge in [-0.15, -0.1) is 0 Å². The number of carbonyl (C=O) groups is 2. The van der Waals surface area contributed by atoms with Crippen LogP contribution in [0.2, 0.25) is 5.02 Å². The highest BCUT2D eigenvalue weighted by Crippen LogP contribution is 2.30. The second kappa shape index (κ2) is 9.80. The number of ether oxygens (including phenoxy) is 1. The summed E-state index contributed by atoms with van der Waals surface area (Å²) in [4.78, 5) is 31.2. The number of carbonyl (C=O) groups excluding carboxylic acids is 2. The molecule has 1 saturated heterocycles. The molecule has 0 unspecified atom stereocenters. The first-order valence-electron chi connectivity index (χ1n) is 9.16. The molecule has 2 aromatic rings. The molecule has 1 fully saturated rings. The van der Waals surface area contributed by atoms with Gasteiger partial charge in [0.15, 0.2) is 5.17 Å². The Morgan fingerprint density at radius 1 is 1.31 bits per heavy atom. The highest BCUT2D eigenvalue weighted by Gasteiger charge is 2.35. The molecule has 1 aliphatic heterocycles. The lowest BCUT2D eigenvalue weighted by molar-refractivity contribution is -0.130. The number of amidine groups is 1. The predicted molar refractivity (Wildman–Crippen MR) is 117 cm³/mol. The molecule has 1 aliphatic rings. The smallest absolute Gasteiger partial charge is 0.233 e. The molecule has 1 atom stereocenters. The van der Waals surface area contributed by atoms with Crippen LogP contribution in [0.5, 0.6) is 5.75 Å². The zero-order chi connectivity index (χ0) is 20.8. The van der Waals surface area contributed by atoms with Crippen LogP contribution in [0.3, 0.4) is 0 Å². The van der Waals surface area contributed by atoms with Crippen LogP contribution in [0.1, 0.15) is 12.0 Å². The number of aliphatic imine (C=N–C) groups is 1. The molecule has 0 radical (unpaired) electrons. The van der Waals surface area contributed by atoms with E-state index in [2.05, 4.69) is 10.3 Å². The van der Waals surface area contributed by atoms with Crippen LogP contribution < -0.4 is 10.1 Å². The van der Waals surface area contributed by atoms with Gasteiger partial charge in [-0.3, -0.25) is 14.5 Å². The van der Waals surface area contributed by atoms with E-state index >= 15 is 0 Å². The lowest BCUT2D eigenvalue weighted by Gasteiger charge is -2.31. The second-order valence-corrected chi connectivity index (χ2v) is 8.05. The maximum atomic E-state index is 12.8. The number of hydrogen-bond donors (Lipinski definition) is 1. The molecule has 0 spiro atoms. The minimum Gasteiger partial charge on any atom is -0.497 e. The highest BCUT2D eigenvalue weighted by atomic mass is 35.5. The predicted octanol–water partition coefficient (Wildman–Crippen LogP) is 3.66. The van der Waals surface area contributed by atoms with E-state index < -0.39 is 5.25 Å². The van der Waals surface area contributed by atoms with Gasteiger partial charge in [0, 0.05) is 25.0 Å². The number of benzene rings is 2. The second-order valence-electron chi connectivity index (χ2n) is 6.44. The van der Waals surface area contributed by atoms with Gasteiger partial charge >= 0.3 is 0 Å². The van der Waals surface area contributed by atoms with Crippen molar-refractivity contribution in [1.29, 1.82) is 0 Å². The number of rotatable bonds is 6. The van der Waals surface area contributed by atoms with E-state index in [1.165, 1.54) is 11.8 Å². The Kier molecular flexibility index (Phi) is 7.17. The van der Waals surface area contributed by atoms with Crippen molar-refractivity contribution in [2.24, 2.45) is 4.99 Å². The van der Waals surface area contributed by atoms with Crippen LogP contribution in [0, 0.1) is 0 Å². The number of nitrogens with zero attached hydrogens (tertiary/aromatic N) is 2. The quantitative estimate of drug-likeness (QED) is 0.757. The van der Waals surface area contributed by atoms with Crippen molar-refractivity contribution in [2.75, 3.05) is 20.7 Å². The Labute approximate surface area is 179 Å². The maximum absolute atomic E-state index is 12.8. The normalized spacial score (nSPS) is 18.0. The molecule has 6 nitrogen and oxygen atoms in total. The van der Waals surface area contributed by atoms with Gasteiger partial charge in [-0.2, -0.15) is 0 Å². The van der Waals surface area contributed by atoms with Crippen LogP contribution in [-0.2, 0) is 16.0 Å². The fourth-order valence-corrected chi connectivity index (χ4v) is 4.28. The summed E-state index contributed by atoms with van der Waals surface area (Å²) < 4.78 is 5.18. The van der Waals surface area contributed by atoms with Gasteiger partial charge in [0.05, 0.1) is 18.0 Å². The summed E-state index contributed by atoms with van der Waals surface area (Å²) >= 11 is 7.36. The molecule has 2 amide bonds. The summed E-state index contributed by atoms with van der Waals surface area (Å²) in [7, 11) is 3.19. The first-order valence-corrected chi connectivity index (χ1v) is 10.4. The molecule has 29 heavy (non-hydrogen) atoms. The van der Waals surface area contributed by atoms with Crippen LogP contribution >= 0.6 is 23.4 Å². The summed E-state index contributed by atoms with van der Waals surface area (Å²) in [5.41, 5.74) is 1.72. The van der Waals surface area contributed by atoms with E-state index in [0.29, 0.717) is 28.8 Å². The molecule has 0 bridgehead atoms. The van der Waals surface area contributed by atoms with Crippen molar-refractivity contribution in [2.45, 2.75) is 18.1 Å². The fourth-order valence-electron chi connectivity index (χ4n) is 2.91. The molecule has 8 heteroatoms. The lowest BCUT2D eigenvalue weighted by atomic mass is 10.1. The molecular weight excluding hydrogens is 410 g/mol. The van der Waals surface area contributed by atoms with Crippen molar-refractivity contribution in [3.63, 3.8) is 0 Å². The van der Waals surface area contributed by atoms with E-state index in [-0.39, 0.29) is 18.2 Å². The zero-order valence-corrected chi connectivity index (χ0v) is 17.8. The Morgan fingerprint density at radius 2 is 2.07 bits per heavy atom. The number of amides is 2. The number of thioether (sulfide) groups is 1. The maximum Gasteiger partial charge on any atom is 0.233 e. The van der Waals surface area contributed by atoms with Crippen LogP contribution in [0.4, 0.5) is 5.69 Å². The first kappa shape index (κ1) is 21.2. The van der Waals surface area contributed by atoms with Crippen LogP contribution in [-0.4, -0.2) is 47.8 Å². The van der Waals surface area contributed by atoms with E-state index in [9.17, 15) is 9.59 Å². The standard InChI is InChI=1S/C21H22ClN3O3S/c1-23-20(27)18-13-19(26)25(11-10-14-6-8-17(28-2)9-7-14)21(29-18)24-16-5-3-4-15(22)12-16/h3-9,12,18H,10-11,13H2,1-2H3,(H,23,27)/t18-/m0/s1. The minimum atomic E-state index is -0.498. The van der Waals surface area contributed by atoms with E-state index in [0.717, 1.165) is 11.3 Å². The third-order valence-electron chi connectivity index (χ3n) is 4.49. The van der Waals surface area contributed by atoms with E-state index in [4.69, 9.17) is 16.3 Å². The zero-order valence-electron chi connectivity index (χ0n) is 16.2. The Hall–Kier alpha value is -2.51. The van der Waals surface area contributed by atoms with Gasteiger partial charge in [-0.25, -0.2) is 4.99 Å². The molecule has 2 aromatic carbocycles. The monoisotopic (exact) mass is 431 g/mol. The summed E-state index contributed by atoms with van der Waals surface area (Å²) in [5, 5.41) is 3.18. The van der Waals surface area contributed by atoms with Gasteiger partial charge < -0.3 is 10.1 Å². The molecule has 3 rings (SSSR count). The first-order chi connectivity index (χ1) is 14.0. The third-order valence-corrected chi connectivity index (χ3v) is 5.92. The van der Waals surface area contributed by atoms with E-state index in [1.807, 2.05) is 30.3 Å². The number of hydrogen-bond acceptors (Lipinski definition) is 5. The molecule has 0 aliphatic carbocycles. The minimum absolute atomic E-state index is 0.119. The number of halogens is 1. The summed E-state index contributed by atoms with van der Waals surface area (Å²) in [6.07, 6.45) is 0.803. The van der Waals surface area contributed by atoms with Crippen molar-refractivity contribution < 1.29 is 14.3 Å². The molecular formula is C21H22ClN3O3S. The summed E-state index contributed by atoms with van der Waals surface area (Å²) in [6, 6.07) is 14.8. The molecule has 0 aromatic heterocycles. The molecule has 1 heterocycles. The highest BCUT2D eigenvalue weighted by molar-refractivity contribution is 8.15. The van der Waals surface area contributed by atoms with Gasteiger partial charge in [0.1, 0.15) is 5.75 Å². The topological polar surface area (TPSA) is 71.0 Å². The largest absolute Gasteiger partial charge is 0.497 e. The lowest BCUT2D eigenvalue weighted by Crippen LogP contribution is -2.46. The van der Waals surface area contributed by atoms with Gasteiger partial charge in [-0.05, 0) is 42.3 Å². The molecule has 0 saturated carbocycles. The van der Waals surface area contributed by atoms with E-state index in [1.54, 1.807) is 37.3 Å². The van der Waals surface area contributed by atoms with Crippen LogP contribution in [0.15, 0.2) is 53.5 Å². The Morgan fingerprint density at radius 3 is 2.72 bits per heavy atom. The van der Waals surface area contributed by atoms with Gasteiger partial charge in [-0.1, -0.05) is 41.6 Å². The number of nitrogens with one attached hydrogen (secondary N) is 1.